The van der Waals surface area contributed by atoms with E-state index in [4.69, 9.17) is 11.6 Å². The van der Waals surface area contributed by atoms with E-state index in [1.54, 1.807) is 37.3 Å². The molecule has 0 aromatic heterocycles. The third-order valence-corrected chi connectivity index (χ3v) is 8.18. The van der Waals surface area contributed by atoms with Gasteiger partial charge in [0.05, 0.1) is 22.0 Å². The van der Waals surface area contributed by atoms with E-state index >= 15 is 0 Å². The Kier molecular flexibility index (Phi) is 7.31. The van der Waals surface area contributed by atoms with Crippen LogP contribution in [-0.2, 0) is 20.0 Å². The van der Waals surface area contributed by atoms with E-state index in [-0.39, 0.29) is 10.6 Å². The Hall–Kier alpha value is -3.08. The van der Waals surface area contributed by atoms with Crippen LogP contribution in [-0.4, -0.2) is 35.5 Å². The van der Waals surface area contributed by atoms with Gasteiger partial charge in [-0.2, -0.15) is 0 Å². The van der Waals surface area contributed by atoms with E-state index in [2.05, 4.69) is 10.0 Å². The Morgan fingerprint density at radius 3 is 2.12 bits per heavy atom. The maximum Gasteiger partial charge on any atom is 0.261 e. The van der Waals surface area contributed by atoms with Crippen LogP contribution in [0.2, 0.25) is 5.02 Å². The van der Waals surface area contributed by atoms with E-state index in [0.717, 1.165) is 4.31 Å². The monoisotopic (exact) mass is 507 g/mol. The van der Waals surface area contributed by atoms with Gasteiger partial charge in [0.1, 0.15) is 0 Å². The topological polar surface area (TPSA) is 113 Å². The van der Waals surface area contributed by atoms with Gasteiger partial charge in [0.25, 0.3) is 15.9 Å². The lowest BCUT2D eigenvalue weighted by molar-refractivity contribution is 0.102. The first-order valence-corrected chi connectivity index (χ1v) is 13.3. The number of benzene rings is 3. The molecule has 0 bridgehead atoms. The van der Waals surface area contributed by atoms with Gasteiger partial charge >= 0.3 is 0 Å². The molecule has 0 aliphatic rings. The van der Waals surface area contributed by atoms with Crippen molar-refractivity contribution in [3.63, 3.8) is 0 Å². The maximum absolute atomic E-state index is 12.6. The number of hydrogen-bond donors (Lipinski definition) is 2. The average Bonchev–Trinajstić information content (AvgIpc) is 2.78. The molecule has 0 aliphatic carbocycles. The van der Waals surface area contributed by atoms with Crippen LogP contribution < -0.4 is 14.3 Å². The second-order valence-electron chi connectivity index (χ2n) is 7.01. The molecule has 0 spiro atoms. The molecule has 0 radical (unpaired) electrons. The first-order valence-electron chi connectivity index (χ1n) is 9.78. The molecule has 3 rings (SSSR count). The predicted octanol–water partition coefficient (Wildman–Crippen LogP) is 4.18. The molecule has 0 unspecified atom stereocenters. The van der Waals surface area contributed by atoms with Crippen molar-refractivity contribution in [3.05, 3.63) is 83.4 Å². The van der Waals surface area contributed by atoms with Crippen molar-refractivity contribution >= 4 is 54.6 Å². The summed E-state index contributed by atoms with van der Waals surface area (Å²) in [5.41, 5.74) is 1.49. The standard InChI is InChI=1S/C22H22ClN3O5S2/c1-3-32(28,29)26(2)20-11-7-16(8-12-20)22(27)24-18-9-13-21(14-10-18)33(30,31)25-19-6-4-5-17(23)15-19/h4-15,25H,3H2,1-2H3,(H,24,27). The van der Waals surface area contributed by atoms with Crippen LogP contribution in [0.25, 0.3) is 0 Å². The predicted molar refractivity (Wildman–Crippen MR) is 131 cm³/mol. The summed E-state index contributed by atoms with van der Waals surface area (Å²) in [7, 11) is -5.78. The molecule has 0 heterocycles. The highest BCUT2D eigenvalue weighted by Gasteiger charge is 2.17. The second kappa shape index (κ2) is 9.82. The third-order valence-electron chi connectivity index (χ3n) is 4.77. The quantitative estimate of drug-likeness (QED) is 0.475. The van der Waals surface area contributed by atoms with Gasteiger partial charge in [-0.3, -0.25) is 13.8 Å². The lowest BCUT2D eigenvalue weighted by atomic mass is 10.2. The second-order valence-corrected chi connectivity index (χ2v) is 11.4. The molecule has 0 aliphatic heterocycles. The molecular weight excluding hydrogens is 486 g/mol. The Labute approximate surface area is 198 Å². The van der Waals surface area contributed by atoms with Gasteiger partial charge in [-0.1, -0.05) is 17.7 Å². The molecule has 0 atom stereocenters. The zero-order chi connectivity index (χ0) is 24.2. The minimum absolute atomic E-state index is 0.0185. The van der Waals surface area contributed by atoms with E-state index in [1.165, 1.54) is 49.5 Å². The summed E-state index contributed by atoms with van der Waals surface area (Å²) in [6.07, 6.45) is 0. The van der Waals surface area contributed by atoms with Gasteiger partial charge in [0, 0.05) is 23.3 Å². The van der Waals surface area contributed by atoms with Crippen LogP contribution in [0, 0.1) is 0 Å². The van der Waals surface area contributed by atoms with Gasteiger partial charge in [-0.05, 0) is 73.7 Å². The summed E-state index contributed by atoms with van der Waals surface area (Å²) in [6, 6.07) is 18.1. The van der Waals surface area contributed by atoms with Crippen LogP contribution in [0.5, 0.6) is 0 Å². The molecule has 1 amide bonds. The van der Waals surface area contributed by atoms with E-state index < -0.39 is 26.0 Å². The van der Waals surface area contributed by atoms with Crippen molar-refractivity contribution in [3.8, 4) is 0 Å². The lowest BCUT2D eigenvalue weighted by Crippen LogP contribution is -2.28. The summed E-state index contributed by atoms with van der Waals surface area (Å²) in [5, 5.41) is 3.08. The number of amides is 1. The minimum Gasteiger partial charge on any atom is -0.322 e. The fourth-order valence-electron chi connectivity index (χ4n) is 2.86. The fourth-order valence-corrected chi connectivity index (χ4v) is 4.93. The summed E-state index contributed by atoms with van der Waals surface area (Å²) >= 11 is 5.89. The smallest absolute Gasteiger partial charge is 0.261 e. The van der Waals surface area contributed by atoms with Crippen LogP contribution in [0.15, 0.2) is 77.7 Å². The number of nitrogens with zero attached hydrogens (tertiary/aromatic N) is 1. The minimum atomic E-state index is -3.83. The van der Waals surface area contributed by atoms with E-state index in [1.807, 2.05) is 0 Å². The molecule has 174 valence electrons. The van der Waals surface area contributed by atoms with E-state index in [9.17, 15) is 21.6 Å². The lowest BCUT2D eigenvalue weighted by Gasteiger charge is -2.18. The number of carbonyl (C=O) groups excluding carboxylic acids is 1. The van der Waals surface area contributed by atoms with Crippen molar-refractivity contribution in [1.29, 1.82) is 0 Å². The van der Waals surface area contributed by atoms with Gasteiger partial charge in [0.2, 0.25) is 10.0 Å². The number of nitrogens with one attached hydrogen (secondary N) is 2. The number of halogens is 1. The summed E-state index contributed by atoms with van der Waals surface area (Å²) in [5.74, 6) is -0.457. The Bertz CT molecular complexity index is 1360. The van der Waals surface area contributed by atoms with Gasteiger partial charge < -0.3 is 5.32 Å². The highest BCUT2D eigenvalue weighted by atomic mass is 35.5. The first-order chi connectivity index (χ1) is 15.5. The maximum atomic E-state index is 12.6. The highest BCUT2D eigenvalue weighted by Crippen LogP contribution is 2.22. The summed E-state index contributed by atoms with van der Waals surface area (Å²) in [6.45, 7) is 1.55. The SMILES string of the molecule is CCS(=O)(=O)N(C)c1ccc(C(=O)Nc2ccc(S(=O)(=O)Nc3cccc(Cl)c3)cc2)cc1. The Morgan fingerprint density at radius 1 is 0.909 bits per heavy atom. The third kappa shape index (κ3) is 6.04. The number of carbonyl (C=O) groups is 1. The van der Waals surface area contributed by atoms with Crippen molar-refractivity contribution < 1.29 is 21.6 Å². The van der Waals surface area contributed by atoms with Crippen molar-refractivity contribution in [2.24, 2.45) is 0 Å². The first kappa shape index (κ1) is 24.6. The summed E-state index contributed by atoms with van der Waals surface area (Å²) < 4.78 is 52.7. The normalized spacial score (nSPS) is 11.6. The van der Waals surface area contributed by atoms with Crippen LogP contribution >= 0.6 is 11.6 Å². The molecule has 11 heteroatoms. The van der Waals surface area contributed by atoms with Gasteiger partial charge in [-0.15, -0.1) is 0 Å². The number of rotatable bonds is 8. The van der Waals surface area contributed by atoms with Gasteiger partial charge in [0.15, 0.2) is 0 Å². The van der Waals surface area contributed by atoms with E-state index in [0.29, 0.717) is 27.6 Å². The van der Waals surface area contributed by atoms with Crippen molar-refractivity contribution in [2.45, 2.75) is 11.8 Å². The van der Waals surface area contributed by atoms with Crippen LogP contribution in [0.3, 0.4) is 0 Å². The molecule has 33 heavy (non-hydrogen) atoms. The molecular formula is C22H22ClN3O5S2. The van der Waals surface area contributed by atoms with Crippen molar-refractivity contribution in [2.75, 3.05) is 27.1 Å². The molecule has 0 fully saturated rings. The highest BCUT2D eigenvalue weighted by molar-refractivity contribution is 7.93. The number of sulfonamides is 2. The zero-order valence-electron chi connectivity index (χ0n) is 17.8. The number of hydrogen-bond acceptors (Lipinski definition) is 5. The Balaban J connectivity index is 1.69. The average molecular weight is 508 g/mol. The van der Waals surface area contributed by atoms with Crippen LogP contribution in [0.4, 0.5) is 17.1 Å². The molecule has 3 aromatic rings. The Morgan fingerprint density at radius 2 is 1.55 bits per heavy atom. The largest absolute Gasteiger partial charge is 0.322 e. The molecule has 8 nitrogen and oxygen atoms in total. The number of anilines is 3. The molecule has 3 aromatic carbocycles. The molecule has 0 saturated heterocycles. The zero-order valence-corrected chi connectivity index (χ0v) is 20.2. The van der Waals surface area contributed by atoms with Gasteiger partial charge in [-0.25, -0.2) is 16.8 Å². The summed E-state index contributed by atoms with van der Waals surface area (Å²) in [4.78, 5) is 12.5. The van der Waals surface area contributed by atoms with Crippen LogP contribution in [0.1, 0.15) is 17.3 Å². The fraction of sp³-hybridized carbons (Fsp3) is 0.136. The van der Waals surface area contributed by atoms with Crippen molar-refractivity contribution in [1.82, 2.24) is 0 Å². The molecule has 0 saturated carbocycles. The molecule has 2 N–H and O–H groups in total.